The zero-order valence-corrected chi connectivity index (χ0v) is 13.5. The Morgan fingerprint density at radius 1 is 1.21 bits per heavy atom. The molecule has 1 saturated heterocycles. The van der Waals surface area contributed by atoms with Crippen LogP contribution in [-0.4, -0.2) is 60.3 Å². The van der Waals surface area contributed by atoms with E-state index in [1.165, 1.54) is 11.8 Å². The van der Waals surface area contributed by atoms with Crippen molar-refractivity contribution in [1.29, 1.82) is 0 Å². The van der Waals surface area contributed by atoms with Gasteiger partial charge in [0.15, 0.2) is 6.10 Å². The van der Waals surface area contributed by atoms with Gasteiger partial charge in [-0.2, -0.15) is 0 Å². The van der Waals surface area contributed by atoms with Crippen LogP contribution in [0.15, 0.2) is 30.3 Å². The van der Waals surface area contributed by atoms with Crippen LogP contribution in [0.4, 0.5) is 0 Å². The minimum atomic E-state index is -1.35. The number of ether oxygens (including phenoxy) is 2. The number of morpholine rings is 1. The average Bonchev–Trinajstić information content (AvgIpc) is 2.58. The van der Waals surface area contributed by atoms with Crippen molar-refractivity contribution in [2.75, 3.05) is 26.3 Å². The maximum atomic E-state index is 12.7. The zero-order chi connectivity index (χ0) is 17.5. The molecule has 1 aromatic carbocycles. The van der Waals surface area contributed by atoms with E-state index < -0.39 is 29.9 Å². The van der Waals surface area contributed by atoms with Gasteiger partial charge in [0.05, 0.1) is 13.2 Å². The van der Waals surface area contributed by atoms with Gasteiger partial charge in [-0.05, 0) is 12.0 Å². The number of hydrogen-bond donors (Lipinski definition) is 1. The lowest BCUT2D eigenvalue weighted by molar-refractivity contribution is -0.169. The quantitative estimate of drug-likeness (QED) is 0.770. The first kappa shape index (κ1) is 17.9. The molecule has 0 spiro atoms. The third-order valence-corrected chi connectivity index (χ3v) is 3.84. The molecule has 0 unspecified atom stereocenters. The molecule has 0 saturated carbocycles. The lowest BCUT2D eigenvalue weighted by Gasteiger charge is -2.32. The molecule has 2 atom stereocenters. The number of carbonyl (C=O) groups excluding carboxylic acids is 2. The van der Waals surface area contributed by atoms with E-state index in [4.69, 9.17) is 9.47 Å². The third-order valence-electron chi connectivity index (χ3n) is 3.84. The van der Waals surface area contributed by atoms with E-state index >= 15 is 0 Å². The molecule has 0 aromatic heterocycles. The summed E-state index contributed by atoms with van der Waals surface area (Å²) < 4.78 is 10.3. The van der Waals surface area contributed by atoms with Crippen molar-refractivity contribution in [2.45, 2.75) is 19.4 Å². The summed E-state index contributed by atoms with van der Waals surface area (Å²) in [4.78, 5) is 37.3. The van der Waals surface area contributed by atoms with Crippen molar-refractivity contribution in [3.63, 3.8) is 0 Å². The summed E-state index contributed by atoms with van der Waals surface area (Å²) in [5, 5.41) is 9.58. The van der Waals surface area contributed by atoms with Gasteiger partial charge in [0.25, 0.3) is 5.91 Å². The number of nitrogens with zero attached hydrogens (tertiary/aromatic N) is 1. The number of carboxylic acids is 1. The van der Waals surface area contributed by atoms with Crippen molar-refractivity contribution in [3.05, 3.63) is 35.9 Å². The minimum absolute atomic E-state index is 0.101. The zero-order valence-electron chi connectivity index (χ0n) is 13.5. The van der Waals surface area contributed by atoms with Gasteiger partial charge < -0.3 is 19.5 Å². The lowest BCUT2D eigenvalue weighted by Crippen LogP contribution is -2.51. The fraction of sp³-hybridized carbons (Fsp3) is 0.471. The summed E-state index contributed by atoms with van der Waals surface area (Å²) in [6.45, 7) is 2.65. The highest BCUT2D eigenvalue weighted by molar-refractivity contribution is 5.88. The molecular weight excluding hydrogens is 314 g/mol. The van der Waals surface area contributed by atoms with Crippen LogP contribution in [-0.2, 0) is 30.3 Å². The number of rotatable bonds is 6. The molecule has 130 valence electrons. The van der Waals surface area contributed by atoms with Crippen LogP contribution in [0.3, 0.4) is 0 Å². The van der Waals surface area contributed by atoms with E-state index in [0.29, 0.717) is 26.3 Å². The van der Waals surface area contributed by atoms with Crippen molar-refractivity contribution < 1.29 is 29.0 Å². The summed E-state index contributed by atoms with van der Waals surface area (Å²) in [5.74, 6) is -3.49. The molecule has 2 rings (SSSR count). The second-order valence-corrected chi connectivity index (χ2v) is 5.60. The first-order valence-electron chi connectivity index (χ1n) is 7.79. The summed E-state index contributed by atoms with van der Waals surface area (Å²) in [6.07, 6.45) is -1.25. The fourth-order valence-corrected chi connectivity index (χ4v) is 2.64. The van der Waals surface area contributed by atoms with Crippen molar-refractivity contribution in [3.8, 4) is 0 Å². The van der Waals surface area contributed by atoms with Crippen molar-refractivity contribution >= 4 is 17.8 Å². The van der Waals surface area contributed by atoms with Gasteiger partial charge in [-0.15, -0.1) is 0 Å². The van der Waals surface area contributed by atoms with Gasteiger partial charge in [0.1, 0.15) is 5.92 Å². The van der Waals surface area contributed by atoms with Gasteiger partial charge in [-0.3, -0.25) is 14.4 Å². The van der Waals surface area contributed by atoms with Crippen LogP contribution in [0.2, 0.25) is 0 Å². The number of aliphatic carboxylic acids is 1. The molecule has 0 radical (unpaired) electrons. The van der Waals surface area contributed by atoms with Crippen molar-refractivity contribution in [2.24, 2.45) is 5.92 Å². The normalized spacial score (nSPS) is 17.0. The molecule has 1 heterocycles. The summed E-state index contributed by atoms with van der Waals surface area (Å²) in [5.41, 5.74) is 0.761. The van der Waals surface area contributed by atoms with Crippen LogP contribution < -0.4 is 0 Å². The predicted octanol–water partition coefficient (Wildman–Crippen LogP) is 0.720. The maximum absolute atomic E-state index is 12.7. The smallest absolute Gasteiger partial charge is 0.311 e. The largest absolute Gasteiger partial charge is 0.481 e. The molecule has 1 fully saturated rings. The first-order chi connectivity index (χ1) is 11.5. The molecule has 7 heteroatoms. The number of carboxylic acid groups (broad SMARTS) is 1. The van der Waals surface area contributed by atoms with Crippen LogP contribution in [0.25, 0.3) is 0 Å². The van der Waals surface area contributed by atoms with Gasteiger partial charge >= 0.3 is 11.9 Å². The molecular formula is C17H21NO6. The van der Waals surface area contributed by atoms with Crippen LogP contribution in [0, 0.1) is 5.92 Å². The topological polar surface area (TPSA) is 93.1 Å². The number of amides is 1. The molecule has 1 aliphatic heterocycles. The Morgan fingerprint density at radius 3 is 2.38 bits per heavy atom. The van der Waals surface area contributed by atoms with E-state index in [1.54, 1.807) is 24.3 Å². The van der Waals surface area contributed by atoms with E-state index in [9.17, 15) is 19.5 Å². The molecule has 24 heavy (non-hydrogen) atoms. The Hall–Kier alpha value is -2.41. The SMILES string of the molecule is CC(=O)O[C@H](C(=O)N1CCOCC1)[C@@H](Cc1ccccc1)C(=O)O. The highest BCUT2D eigenvalue weighted by atomic mass is 16.5. The molecule has 1 amide bonds. The molecule has 1 N–H and O–H groups in total. The van der Waals surface area contributed by atoms with Gasteiger partial charge in [0.2, 0.25) is 0 Å². The van der Waals surface area contributed by atoms with E-state index in [0.717, 1.165) is 5.56 Å². The van der Waals surface area contributed by atoms with E-state index in [-0.39, 0.29) is 6.42 Å². The number of carbonyl (C=O) groups is 3. The summed E-state index contributed by atoms with van der Waals surface area (Å²) in [7, 11) is 0. The Kier molecular flexibility index (Phi) is 6.31. The Labute approximate surface area is 140 Å². The molecule has 0 aliphatic carbocycles. The predicted molar refractivity (Wildman–Crippen MR) is 84.2 cm³/mol. The second-order valence-electron chi connectivity index (χ2n) is 5.60. The summed E-state index contributed by atoms with van der Waals surface area (Å²) in [6, 6.07) is 8.96. The van der Waals surface area contributed by atoms with Gasteiger partial charge in [-0.25, -0.2) is 0 Å². The monoisotopic (exact) mass is 335 g/mol. The molecule has 0 bridgehead atoms. The van der Waals surface area contributed by atoms with Gasteiger partial charge in [-0.1, -0.05) is 30.3 Å². The van der Waals surface area contributed by atoms with Crippen LogP contribution >= 0.6 is 0 Å². The highest BCUT2D eigenvalue weighted by Gasteiger charge is 2.39. The maximum Gasteiger partial charge on any atom is 0.311 e. The minimum Gasteiger partial charge on any atom is -0.481 e. The number of hydrogen-bond acceptors (Lipinski definition) is 5. The molecule has 7 nitrogen and oxygen atoms in total. The number of esters is 1. The first-order valence-corrected chi connectivity index (χ1v) is 7.79. The van der Waals surface area contributed by atoms with E-state index in [2.05, 4.69) is 0 Å². The fourth-order valence-electron chi connectivity index (χ4n) is 2.64. The van der Waals surface area contributed by atoms with Crippen LogP contribution in [0.1, 0.15) is 12.5 Å². The van der Waals surface area contributed by atoms with Crippen molar-refractivity contribution in [1.82, 2.24) is 4.90 Å². The van der Waals surface area contributed by atoms with Crippen LogP contribution in [0.5, 0.6) is 0 Å². The third kappa shape index (κ3) is 4.79. The highest BCUT2D eigenvalue weighted by Crippen LogP contribution is 2.19. The second kappa shape index (κ2) is 8.44. The Balaban J connectivity index is 2.22. The standard InChI is InChI=1S/C17H21NO6/c1-12(19)24-15(16(20)18-7-9-23-10-8-18)14(17(21)22)11-13-5-3-2-4-6-13/h2-6,14-15H,7-11H2,1H3,(H,21,22)/t14-,15+/m1/s1. The molecule has 1 aliphatic rings. The van der Waals surface area contributed by atoms with Gasteiger partial charge in [0, 0.05) is 20.0 Å². The number of benzene rings is 1. The van der Waals surface area contributed by atoms with E-state index in [1.807, 2.05) is 6.07 Å². The Bertz CT molecular complexity index is 582. The Morgan fingerprint density at radius 2 is 1.83 bits per heavy atom. The lowest BCUT2D eigenvalue weighted by atomic mass is 9.93. The average molecular weight is 335 g/mol. The molecule has 1 aromatic rings. The summed E-state index contributed by atoms with van der Waals surface area (Å²) >= 11 is 0.